The maximum Gasteiger partial charge on any atom is 0.216 e. The predicted molar refractivity (Wildman–Crippen MR) is 49.6 cm³/mol. The van der Waals surface area contributed by atoms with Gasteiger partial charge in [-0.2, -0.15) is 5.10 Å². The van der Waals surface area contributed by atoms with Crippen LogP contribution in [0.15, 0.2) is 0 Å². The van der Waals surface area contributed by atoms with Crippen molar-refractivity contribution >= 4 is 0 Å². The van der Waals surface area contributed by atoms with E-state index in [-0.39, 0.29) is 0 Å². The molecular weight excluding hydrogens is 166 g/mol. The summed E-state index contributed by atoms with van der Waals surface area (Å²) < 4.78 is 7.02. The van der Waals surface area contributed by atoms with Crippen molar-refractivity contribution < 1.29 is 4.74 Å². The van der Waals surface area contributed by atoms with Crippen LogP contribution in [-0.4, -0.2) is 16.9 Å². The average Bonchev–Trinajstić information content (AvgIpc) is 2.90. The zero-order valence-electron chi connectivity index (χ0n) is 8.08. The molecule has 1 saturated carbocycles. The van der Waals surface area contributed by atoms with Crippen LogP contribution in [-0.2, 0) is 13.6 Å². The Hall–Kier alpha value is -1.03. The van der Waals surface area contributed by atoms with E-state index in [9.17, 15) is 0 Å². The molecule has 0 amide bonds. The number of nitrogens with two attached hydrogens (primary N) is 1. The highest BCUT2D eigenvalue weighted by Gasteiger charge is 2.30. The van der Waals surface area contributed by atoms with Gasteiger partial charge < -0.3 is 10.5 Å². The van der Waals surface area contributed by atoms with Gasteiger partial charge in [-0.25, -0.2) is 4.68 Å². The number of hydrogen-bond acceptors (Lipinski definition) is 3. The van der Waals surface area contributed by atoms with Crippen molar-refractivity contribution in [2.45, 2.75) is 25.3 Å². The second kappa shape index (κ2) is 3.03. The minimum absolute atomic E-state index is 0.517. The highest BCUT2D eigenvalue weighted by molar-refractivity contribution is 5.35. The Morgan fingerprint density at radius 2 is 2.31 bits per heavy atom. The van der Waals surface area contributed by atoms with Crippen molar-refractivity contribution in [3.8, 4) is 5.88 Å². The standard InChI is InChI=1S/C9H15N3O/c1-12-9(13-2)7(5-10)8(11-12)6-3-4-6/h6H,3-5,10H2,1-2H3. The third-order valence-corrected chi connectivity index (χ3v) is 2.48. The number of hydrogen-bond donors (Lipinski definition) is 1. The zero-order valence-corrected chi connectivity index (χ0v) is 8.08. The summed E-state index contributed by atoms with van der Waals surface area (Å²) in [7, 11) is 3.55. The number of rotatable bonds is 3. The normalized spacial score (nSPS) is 16.2. The second-order valence-electron chi connectivity index (χ2n) is 3.48. The molecule has 0 atom stereocenters. The molecule has 1 aliphatic rings. The van der Waals surface area contributed by atoms with Crippen LogP contribution in [0.25, 0.3) is 0 Å². The van der Waals surface area contributed by atoms with E-state index in [0.717, 1.165) is 17.1 Å². The number of aryl methyl sites for hydroxylation is 1. The molecular formula is C9H15N3O. The van der Waals surface area contributed by atoms with Gasteiger partial charge in [-0.05, 0) is 12.8 Å². The van der Waals surface area contributed by atoms with E-state index in [4.69, 9.17) is 10.5 Å². The minimum Gasteiger partial charge on any atom is -0.481 e. The minimum atomic E-state index is 0.517. The van der Waals surface area contributed by atoms with Crippen LogP contribution >= 0.6 is 0 Å². The lowest BCUT2D eigenvalue weighted by atomic mass is 10.2. The van der Waals surface area contributed by atoms with Gasteiger partial charge in [-0.15, -0.1) is 0 Å². The third kappa shape index (κ3) is 1.31. The van der Waals surface area contributed by atoms with Gasteiger partial charge in [0.2, 0.25) is 5.88 Å². The first kappa shape index (κ1) is 8.56. The predicted octanol–water partition coefficient (Wildman–Crippen LogP) is 0.765. The molecule has 1 aromatic rings. The highest BCUT2D eigenvalue weighted by Crippen LogP contribution is 2.42. The summed E-state index contributed by atoms with van der Waals surface area (Å²) in [6.45, 7) is 0.517. The summed E-state index contributed by atoms with van der Waals surface area (Å²) in [5.74, 6) is 1.44. The smallest absolute Gasteiger partial charge is 0.216 e. The zero-order chi connectivity index (χ0) is 9.42. The molecule has 2 N–H and O–H groups in total. The van der Waals surface area contributed by atoms with E-state index in [1.807, 2.05) is 7.05 Å². The Labute approximate surface area is 77.7 Å². The van der Waals surface area contributed by atoms with Crippen LogP contribution < -0.4 is 10.5 Å². The van der Waals surface area contributed by atoms with Gasteiger partial charge >= 0.3 is 0 Å². The first-order valence-electron chi connectivity index (χ1n) is 4.57. The molecule has 0 saturated heterocycles. The number of methoxy groups -OCH3 is 1. The molecule has 0 bridgehead atoms. The molecule has 1 heterocycles. The van der Waals surface area contributed by atoms with Crippen LogP contribution in [0.2, 0.25) is 0 Å². The molecule has 1 fully saturated rings. The second-order valence-corrected chi connectivity index (χ2v) is 3.48. The fourth-order valence-electron chi connectivity index (χ4n) is 1.70. The van der Waals surface area contributed by atoms with Crippen LogP contribution in [0.5, 0.6) is 5.88 Å². The number of nitrogens with zero attached hydrogens (tertiary/aromatic N) is 2. The van der Waals surface area contributed by atoms with Crippen molar-refractivity contribution in [1.29, 1.82) is 0 Å². The van der Waals surface area contributed by atoms with Crippen molar-refractivity contribution in [2.24, 2.45) is 12.8 Å². The SMILES string of the molecule is COc1c(CN)c(C2CC2)nn1C. The monoisotopic (exact) mass is 181 g/mol. The van der Waals surface area contributed by atoms with Gasteiger partial charge in [-0.3, -0.25) is 0 Å². The Morgan fingerprint density at radius 3 is 2.77 bits per heavy atom. The lowest BCUT2D eigenvalue weighted by Crippen LogP contribution is -2.01. The third-order valence-electron chi connectivity index (χ3n) is 2.48. The van der Waals surface area contributed by atoms with Crippen molar-refractivity contribution in [3.63, 3.8) is 0 Å². The fourth-order valence-corrected chi connectivity index (χ4v) is 1.70. The molecule has 72 valence electrons. The molecule has 0 aromatic carbocycles. The molecule has 0 aliphatic heterocycles. The molecule has 0 unspecified atom stereocenters. The fraction of sp³-hybridized carbons (Fsp3) is 0.667. The quantitative estimate of drug-likeness (QED) is 0.749. The Kier molecular flexibility index (Phi) is 2.00. The van der Waals surface area contributed by atoms with Crippen LogP contribution in [0.3, 0.4) is 0 Å². The van der Waals surface area contributed by atoms with Gasteiger partial charge in [0.15, 0.2) is 0 Å². The first-order chi connectivity index (χ1) is 6.27. The van der Waals surface area contributed by atoms with E-state index in [2.05, 4.69) is 5.10 Å². The van der Waals surface area contributed by atoms with Gasteiger partial charge in [0.1, 0.15) is 0 Å². The summed E-state index contributed by atoms with van der Waals surface area (Å²) in [5.41, 5.74) is 7.89. The van der Waals surface area contributed by atoms with Crippen LogP contribution in [0, 0.1) is 0 Å². The summed E-state index contributed by atoms with van der Waals surface area (Å²) in [6.07, 6.45) is 2.49. The summed E-state index contributed by atoms with van der Waals surface area (Å²) >= 11 is 0. The molecule has 0 radical (unpaired) electrons. The lowest BCUT2D eigenvalue weighted by Gasteiger charge is -2.01. The van der Waals surface area contributed by atoms with Gasteiger partial charge in [-0.1, -0.05) is 0 Å². The Balaban J connectivity index is 2.43. The maximum atomic E-state index is 5.67. The summed E-state index contributed by atoms with van der Waals surface area (Å²) in [4.78, 5) is 0. The lowest BCUT2D eigenvalue weighted by molar-refractivity contribution is 0.369. The summed E-state index contributed by atoms with van der Waals surface area (Å²) in [6, 6.07) is 0. The average molecular weight is 181 g/mol. The Morgan fingerprint density at radius 1 is 1.62 bits per heavy atom. The molecule has 1 aromatic heterocycles. The molecule has 4 nitrogen and oxygen atoms in total. The van der Waals surface area contributed by atoms with Gasteiger partial charge in [0.05, 0.1) is 18.4 Å². The van der Waals surface area contributed by atoms with Crippen molar-refractivity contribution in [1.82, 2.24) is 9.78 Å². The van der Waals surface area contributed by atoms with Crippen LogP contribution in [0.4, 0.5) is 0 Å². The van der Waals surface area contributed by atoms with Gasteiger partial charge in [0, 0.05) is 19.5 Å². The largest absolute Gasteiger partial charge is 0.481 e. The summed E-state index contributed by atoms with van der Waals surface area (Å²) in [5, 5.41) is 4.43. The van der Waals surface area contributed by atoms with E-state index in [1.54, 1.807) is 11.8 Å². The van der Waals surface area contributed by atoms with E-state index in [1.165, 1.54) is 12.8 Å². The molecule has 2 rings (SSSR count). The van der Waals surface area contributed by atoms with Crippen LogP contribution in [0.1, 0.15) is 30.0 Å². The topological polar surface area (TPSA) is 53.1 Å². The first-order valence-corrected chi connectivity index (χ1v) is 4.57. The molecule has 13 heavy (non-hydrogen) atoms. The van der Waals surface area contributed by atoms with Gasteiger partial charge in [0.25, 0.3) is 0 Å². The van der Waals surface area contributed by atoms with Crippen molar-refractivity contribution in [2.75, 3.05) is 7.11 Å². The number of aromatic nitrogens is 2. The Bertz CT molecular complexity index is 315. The highest BCUT2D eigenvalue weighted by atomic mass is 16.5. The molecule has 4 heteroatoms. The maximum absolute atomic E-state index is 5.67. The number of ether oxygens (including phenoxy) is 1. The van der Waals surface area contributed by atoms with E-state index >= 15 is 0 Å². The van der Waals surface area contributed by atoms with E-state index in [0.29, 0.717) is 12.5 Å². The van der Waals surface area contributed by atoms with E-state index < -0.39 is 0 Å². The molecule has 0 spiro atoms. The van der Waals surface area contributed by atoms with Crippen molar-refractivity contribution in [3.05, 3.63) is 11.3 Å². The molecule has 1 aliphatic carbocycles.